The van der Waals surface area contributed by atoms with Crippen LogP contribution >= 0.6 is 15.9 Å². The van der Waals surface area contributed by atoms with Crippen molar-refractivity contribution in [1.29, 1.82) is 0 Å². The molecule has 1 atom stereocenters. The van der Waals surface area contributed by atoms with Crippen LogP contribution in [0.25, 0.3) is 0 Å². The molecule has 120 valence electrons. The highest BCUT2D eigenvalue weighted by Crippen LogP contribution is 2.43. The molecule has 0 fully saturated rings. The number of ketones is 1. The predicted octanol–water partition coefficient (Wildman–Crippen LogP) is 3.10. The van der Waals surface area contributed by atoms with Crippen molar-refractivity contribution in [1.82, 2.24) is 0 Å². The Labute approximate surface area is 142 Å². The molecule has 0 aliphatic carbocycles. The van der Waals surface area contributed by atoms with E-state index >= 15 is 0 Å². The van der Waals surface area contributed by atoms with Crippen LogP contribution in [0.15, 0.2) is 33.4 Å². The quantitative estimate of drug-likeness (QED) is 0.834. The minimum absolute atomic E-state index is 0.314. The van der Waals surface area contributed by atoms with E-state index in [0.29, 0.717) is 28.1 Å². The molecule has 0 bridgehead atoms. The van der Waals surface area contributed by atoms with Crippen molar-refractivity contribution in [2.75, 3.05) is 11.9 Å². The summed E-state index contributed by atoms with van der Waals surface area (Å²) >= 11 is 3.34. The number of nitrogens with zero attached hydrogens (tertiary/aromatic N) is 1. The van der Waals surface area contributed by atoms with Crippen molar-refractivity contribution < 1.29 is 19.1 Å². The third-order valence-electron chi connectivity index (χ3n) is 4.28. The fourth-order valence-electron chi connectivity index (χ4n) is 3.11. The van der Waals surface area contributed by atoms with Crippen LogP contribution in [0.5, 0.6) is 0 Å². The maximum Gasteiger partial charge on any atom is 0.263 e. The molecule has 1 aliphatic rings. The topological polar surface area (TPSA) is 70.7 Å². The summed E-state index contributed by atoms with van der Waals surface area (Å²) in [5.74, 6) is -0.326. The van der Waals surface area contributed by atoms with E-state index in [2.05, 4.69) is 15.9 Å². The molecule has 0 spiro atoms. The number of carbonyl (C=O) groups excluding carboxylic acids is 2. The number of aryl methyl sites for hydroxylation is 2. The van der Waals surface area contributed by atoms with Crippen molar-refractivity contribution in [3.05, 3.63) is 51.4 Å². The number of carbonyl (C=O) groups is 2. The minimum atomic E-state index is -1.86. The number of fused-ring (bicyclic) bond motifs is 1. The molecule has 2 heterocycles. The molecule has 0 saturated heterocycles. The summed E-state index contributed by atoms with van der Waals surface area (Å²) in [5, 5.41) is 11.0. The number of aliphatic hydroxyl groups is 1. The Kier molecular flexibility index (Phi) is 3.69. The first-order chi connectivity index (χ1) is 10.8. The second-order valence-electron chi connectivity index (χ2n) is 5.84. The van der Waals surface area contributed by atoms with Crippen LogP contribution in [0.2, 0.25) is 0 Å². The molecular formula is C17H16BrNO4. The van der Waals surface area contributed by atoms with Gasteiger partial charge in [0.25, 0.3) is 5.91 Å². The molecule has 5 nitrogen and oxygen atoms in total. The van der Waals surface area contributed by atoms with Crippen LogP contribution in [0, 0.1) is 13.8 Å². The fraction of sp³-hybridized carbons (Fsp3) is 0.294. The van der Waals surface area contributed by atoms with Crippen molar-refractivity contribution in [3.8, 4) is 0 Å². The smallest absolute Gasteiger partial charge is 0.263 e. The maximum atomic E-state index is 12.7. The SMILES string of the molecule is Cc1coc(C)c1C(=O)CC1(O)C(=O)N(C)c2ccc(Br)cc21. The number of halogens is 1. The Morgan fingerprint density at radius 1 is 1.39 bits per heavy atom. The van der Waals surface area contributed by atoms with Crippen LogP contribution in [0.3, 0.4) is 0 Å². The molecule has 23 heavy (non-hydrogen) atoms. The van der Waals surface area contributed by atoms with Crippen LogP contribution in [-0.2, 0) is 10.4 Å². The number of hydrogen-bond donors (Lipinski definition) is 1. The molecule has 1 aromatic heterocycles. The third-order valence-corrected chi connectivity index (χ3v) is 4.77. The molecule has 1 unspecified atom stereocenters. The summed E-state index contributed by atoms with van der Waals surface area (Å²) in [6.07, 6.45) is 1.18. The van der Waals surface area contributed by atoms with Gasteiger partial charge in [0, 0.05) is 17.1 Å². The number of anilines is 1. The third kappa shape index (κ3) is 2.33. The van der Waals surface area contributed by atoms with Gasteiger partial charge in [0.15, 0.2) is 11.4 Å². The lowest BCUT2D eigenvalue weighted by molar-refractivity contribution is -0.135. The van der Waals surface area contributed by atoms with Crippen LogP contribution in [0.4, 0.5) is 5.69 Å². The van der Waals surface area contributed by atoms with Gasteiger partial charge < -0.3 is 14.4 Å². The molecule has 0 radical (unpaired) electrons. The lowest BCUT2D eigenvalue weighted by atomic mass is 9.87. The Morgan fingerprint density at radius 2 is 2.09 bits per heavy atom. The summed E-state index contributed by atoms with van der Waals surface area (Å²) in [4.78, 5) is 26.6. The Hall–Kier alpha value is -1.92. The monoisotopic (exact) mass is 377 g/mol. The summed E-state index contributed by atoms with van der Waals surface area (Å²) in [6, 6.07) is 5.22. The number of hydrogen-bond acceptors (Lipinski definition) is 4. The first kappa shape index (κ1) is 16.0. The number of likely N-dealkylation sites (N-methyl/N-ethyl adjacent to an activating group) is 1. The Balaban J connectivity index is 2.04. The van der Waals surface area contributed by atoms with Gasteiger partial charge in [0.05, 0.1) is 23.9 Å². The first-order valence-electron chi connectivity index (χ1n) is 7.14. The second-order valence-corrected chi connectivity index (χ2v) is 6.75. The summed E-state index contributed by atoms with van der Waals surface area (Å²) in [6.45, 7) is 3.46. The van der Waals surface area contributed by atoms with Crippen molar-refractivity contribution >= 4 is 33.3 Å². The number of furan rings is 1. The van der Waals surface area contributed by atoms with Crippen LogP contribution in [-0.4, -0.2) is 23.8 Å². The summed E-state index contributed by atoms with van der Waals surface area (Å²) in [5.41, 5.74) is 0.309. The van der Waals surface area contributed by atoms with E-state index in [1.807, 2.05) is 0 Å². The second kappa shape index (κ2) is 5.32. The maximum absolute atomic E-state index is 12.7. The summed E-state index contributed by atoms with van der Waals surface area (Å²) < 4.78 is 5.98. The standard InChI is InChI=1S/C17H16BrNO4/c1-9-8-23-10(2)15(9)14(20)7-17(22)12-6-11(18)4-5-13(12)19(3)16(17)21/h4-6,8,22H,7H2,1-3H3. The van der Waals surface area contributed by atoms with E-state index in [1.54, 1.807) is 39.1 Å². The van der Waals surface area contributed by atoms with Gasteiger partial charge in [-0.05, 0) is 37.6 Å². The van der Waals surface area contributed by atoms with Gasteiger partial charge in [-0.3, -0.25) is 9.59 Å². The molecule has 2 aromatic rings. The molecule has 3 rings (SSSR count). The van der Waals surface area contributed by atoms with Crippen LogP contribution < -0.4 is 4.90 Å². The van der Waals surface area contributed by atoms with Gasteiger partial charge >= 0.3 is 0 Å². The van der Waals surface area contributed by atoms with E-state index in [9.17, 15) is 14.7 Å². The Morgan fingerprint density at radius 3 is 2.70 bits per heavy atom. The van der Waals surface area contributed by atoms with Gasteiger partial charge in [-0.15, -0.1) is 0 Å². The highest BCUT2D eigenvalue weighted by molar-refractivity contribution is 9.10. The molecule has 1 amide bonds. The normalized spacial score (nSPS) is 20.0. The van der Waals surface area contributed by atoms with Gasteiger partial charge in [-0.1, -0.05) is 15.9 Å². The summed E-state index contributed by atoms with van der Waals surface area (Å²) in [7, 11) is 1.59. The minimum Gasteiger partial charge on any atom is -0.469 e. The molecule has 1 N–H and O–H groups in total. The number of benzene rings is 1. The lowest BCUT2D eigenvalue weighted by Gasteiger charge is -2.21. The van der Waals surface area contributed by atoms with E-state index < -0.39 is 11.5 Å². The van der Waals surface area contributed by atoms with E-state index in [0.717, 1.165) is 4.47 Å². The highest BCUT2D eigenvalue weighted by Gasteiger charge is 2.50. The van der Waals surface area contributed by atoms with Gasteiger partial charge in [-0.2, -0.15) is 0 Å². The van der Waals surface area contributed by atoms with Gasteiger partial charge in [0.1, 0.15) is 5.76 Å². The first-order valence-corrected chi connectivity index (χ1v) is 7.93. The molecular weight excluding hydrogens is 362 g/mol. The van der Waals surface area contributed by atoms with Crippen molar-refractivity contribution in [2.45, 2.75) is 25.9 Å². The zero-order chi connectivity index (χ0) is 16.9. The fourth-order valence-corrected chi connectivity index (χ4v) is 3.48. The molecule has 1 aliphatic heterocycles. The Bertz CT molecular complexity index is 806. The van der Waals surface area contributed by atoms with Crippen molar-refractivity contribution in [3.63, 3.8) is 0 Å². The van der Waals surface area contributed by atoms with E-state index in [4.69, 9.17) is 4.42 Å². The molecule has 0 saturated carbocycles. The largest absolute Gasteiger partial charge is 0.469 e. The highest BCUT2D eigenvalue weighted by atomic mass is 79.9. The average molecular weight is 378 g/mol. The van der Waals surface area contributed by atoms with Crippen molar-refractivity contribution in [2.24, 2.45) is 0 Å². The number of amides is 1. The lowest BCUT2D eigenvalue weighted by Crippen LogP contribution is -2.40. The molecule has 6 heteroatoms. The average Bonchev–Trinajstić information content (AvgIpc) is 2.91. The number of Topliss-reactive ketones (excluding diaryl/α,β-unsaturated/α-hetero) is 1. The zero-order valence-corrected chi connectivity index (χ0v) is 14.6. The van der Waals surface area contributed by atoms with Gasteiger partial charge in [-0.25, -0.2) is 0 Å². The number of rotatable bonds is 3. The zero-order valence-electron chi connectivity index (χ0n) is 13.0. The van der Waals surface area contributed by atoms with E-state index in [-0.39, 0.29) is 12.2 Å². The predicted molar refractivity (Wildman–Crippen MR) is 88.6 cm³/mol. The van der Waals surface area contributed by atoms with E-state index in [1.165, 1.54) is 11.2 Å². The molecule has 1 aromatic carbocycles. The van der Waals surface area contributed by atoms with Gasteiger partial charge in [0.2, 0.25) is 0 Å². The van der Waals surface area contributed by atoms with Crippen LogP contribution in [0.1, 0.15) is 33.7 Å².